The molecule has 0 bridgehead atoms. The van der Waals surface area contributed by atoms with Gasteiger partial charge in [0.25, 0.3) is 0 Å². The van der Waals surface area contributed by atoms with Crippen LogP contribution in [0.15, 0.2) is 23.0 Å². The number of rotatable bonds is 5. The summed E-state index contributed by atoms with van der Waals surface area (Å²) in [6, 6.07) is 6.52. The van der Waals surface area contributed by atoms with Crippen LogP contribution in [-0.4, -0.2) is 72.3 Å². The lowest BCUT2D eigenvalue weighted by molar-refractivity contribution is -0.125. The zero-order chi connectivity index (χ0) is 22.9. The quantitative estimate of drug-likeness (QED) is 0.719. The fraction of sp³-hybridized carbons (Fsp3) is 0.680. The topological polar surface area (TPSA) is 74.5 Å². The Morgan fingerprint density at radius 1 is 1.00 bits per heavy atom. The summed E-state index contributed by atoms with van der Waals surface area (Å²) in [5.74, 6) is 0.781. The van der Waals surface area contributed by atoms with Crippen LogP contribution in [0, 0.1) is 5.92 Å². The molecule has 8 heteroatoms. The van der Waals surface area contributed by atoms with Gasteiger partial charge < -0.3 is 20.4 Å². The Bertz CT molecular complexity index is 1050. The summed E-state index contributed by atoms with van der Waals surface area (Å²) in [4.78, 5) is 30.5. The molecule has 2 aromatic rings. The average Bonchev–Trinajstić information content (AvgIpc) is 3.09. The monoisotopic (exact) mass is 454 g/mol. The van der Waals surface area contributed by atoms with E-state index in [-0.39, 0.29) is 11.6 Å². The lowest BCUT2D eigenvalue weighted by atomic mass is 9.95. The number of imidazole rings is 1. The molecule has 3 aliphatic rings. The highest BCUT2D eigenvalue weighted by molar-refractivity contribution is 5.86. The Kier molecular flexibility index (Phi) is 6.47. The lowest BCUT2D eigenvalue weighted by Crippen LogP contribution is -2.45. The fourth-order valence-electron chi connectivity index (χ4n) is 6.04. The summed E-state index contributed by atoms with van der Waals surface area (Å²) in [7, 11) is 4.11. The van der Waals surface area contributed by atoms with Crippen LogP contribution in [0.1, 0.15) is 44.6 Å². The lowest BCUT2D eigenvalue weighted by Gasteiger charge is -2.39. The molecule has 0 radical (unpaired) electrons. The van der Waals surface area contributed by atoms with E-state index in [1.165, 1.54) is 37.9 Å². The maximum Gasteiger partial charge on any atom is 0.329 e. The minimum Gasteiger partial charge on any atom is -0.371 e. The molecule has 33 heavy (non-hydrogen) atoms. The van der Waals surface area contributed by atoms with Crippen LogP contribution in [0.2, 0.25) is 0 Å². The summed E-state index contributed by atoms with van der Waals surface area (Å²) >= 11 is 0. The largest absolute Gasteiger partial charge is 0.371 e. The van der Waals surface area contributed by atoms with Gasteiger partial charge in [-0.05, 0) is 82.8 Å². The molecule has 3 fully saturated rings. The molecule has 1 aromatic carbocycles. The van der Waals surface area contributed by atoms with E-state index in [9.17, 15) is 9.59 Å². The highest BCUT2D eigenvalue weighted by atomic mass is 16.2. The molecular weight excluding hydrogens is 416 g/mol. The predicted octanol–water partition coefficient (Wildman–Crippen LogP) is 1.69. The second kappa shape index (κ2) is 9.50. The Labute approximate surface area is 195 Å². The number of hydrogen-bond acceptors (Lipinski definition) is 5. The Morgan fingerprint density at radius 2 is 1.76 bits per heavy atom. The minimum atomic E-state index is -0.410. The van der Waals surface area contributed by atoms with Gasteiger partial charge in [-0.15, -0.1) is 0 Å². The van der Waals surface area contributed by atoms with E-state index in [1.54, 1.807) is 9.13 Å². The molecule has 2 N–H and O–H groups in total. The summed E-state index contributed by atoms with van der Waals surface area (Å²) in [5, 5.41) is 6.38. The van der Waals surface area contributed by atoms with Gasteiger partial charge in [-0.2, -0.15) is 0 Å². The van der Waals surface area contributed by atoms with E-state index < -0.39 is 6.04 Å². The molecule has 180 valence electrons. The van der Waals surface area contributed by atoms with Crippen LogP contribution in [-0.2, 0) is 11.8 Å². The predicted molar refractivity (Wildman–Crippen MR) is 132 cm³/mol. The first-order chi connectivity index (χ1) is 16.0. The highest BCUT2D eigenvalue weighted by Gasteiger charge is 2.29. The number of carbonyl (C=O) groups excluding carboxylic acids is 1. The van der Waals surface area contributed by atoms with E-state index >= 15 is 0 Å². The molecule has 3 saturated heterocycles. The second-order valence-electron chi connectivity index (χ2n) is 10.2. The van der Waals surface area contributed by atoms with Crippen LogP contribution in [0.5, 0.6) is 0 Å². The van der Waals surface area contributed by atoms with Crippen LogP contribution in [0.25, 0.3) is 11.0 Å². The SMILES string of the molecule is CN(CC1CCNCC1)C1CCN(c2ccc3c(c2)n(C)c(=O)n3C2CCCNC2=O)CC1. The third kappa shape index (κ3) is 4.43. The molecule has 1 amide bonds. The highest BCUT2D eigenvalue weighted by Crippen LogP contribution is 2.28. The van der Waals surface area contributed by atoms with Crippen LogP contribution in [0.3, 0.4) is 0 Å². The number of nitrogens with one attached hydrogen (secondary N) is 2. The van der Waals surface area contributed by atoms with Crippen LogP contribution < -0.4 is 21.2 Å². The molecule has 3 aliphatic heterocycles. The Hall–Kier alpha value is -2.32. The van der Waals surface area contributed by atoms with Gasteiger partial charge in [-0.1, -0.05) is 0 Å². The zero-order valence-electron chi connectivity index (χ0n) is 20.1. The molecule has 1 aromatic heterocycles. The van der Waals surface area contributed by atoms with E-state index in [0.29, 0.717) is 19.0 Å². The van der Waals surface area contributed by atoms with Crippen molar-refractivity contribution in [2.24, 2.45) is 13.0 Å². The van der Waals surface area contributed by atoms with E-state index in [2.05, 4.69) is 39.6 Å². The van der Waals surface area contributed by atoms with Gasteiger partial charge in [-0.3, -0.25) is 13.9 Å². The number of amides is 1. The molecular formula is C25H38N6O2. The Balaban J connectivity index is 1.28. The molecule has 1 unspecified atom stereocenters. The number of carbonyl (C=O) groups is 1. The van der Waals surface area contributed by atoms with Gasteiger partial charge in [0, 0.05) is 45.0 Å². The van der Waals surface area contributed by atoms with Crippen LogP contribution >= 0.6 is 0 Å². The standard InChI is InChI=1S/C25H38N6O2/c1-28(17-18-7-12-26-13-8-18)19-9-14-30(15-10-19)20-5-6-21-23(16-20)29(2)25(33)31(21)22-4-3-11-27-24(22)32/h5-6,16,18-19,22,26H,3-4,7-15,17H2,1-2H3,(H,27,32). The summed E-state index contributed by atoms with van der Waals surface area (Å²) in [6.07, 6.45) is 6.54. The van der Waals surface area contributed by atoms with E-state index in [1.807, 2.05) is 13.1 Å². The van der Waals surface area contributed by atoms with Crippen molar-refractivity contribution in [3.63, 3.8) is 0 Å². The molecule has 1 atom stereocenters. The number of benzene rings is 1. The first-order valence-corrected chi connectivity index (χ1v) is 12.7. The van der Waals surface area contributed by atoms with Gasteiger partial charge in [-0.25, -0.2) is 4.79 Å². The minimum absolute atomic E-state index is 0.0457. The maximum atomic E-state index is 13.0. The molecule has 4 heterocycles. The Morgan fingerprint density at radius 3 is 2.48 bits per heavy atom. The number of aromatic nitrogens is 2. The van der Waals surface area contributed by atoms with Gasteiger partial charge in [0.05, 0.1) is 11.0 Å². The fourth-order valence-corrected chi connectivity index (χ4v) is 6.04. The number of piperidine rings is 3. The van der Waals surface area contributed by atoms with E-state index in [4.69, 9.17) is 0 Å². The third-order valence-corrected chi connectivity index (χ3v) is 8.10. The van der Waals surface area contributed by atoms with Gasteiger partial charge in [0.2, 0.25) is 5.91 Å². The van der Waals surface area contributed by atoms with Crippen molar-refractivity contribution >= 4 is 22.6 Å². The zero-order valence-corrected chi connectivity index (χ0v) is 20.1. The number of aryl methyl sites for hydroxylation is 1. The van der Waals surface area contributed by atoms with Crippen molar-refractivity contribution in [2.45, 2.75) is 50.6 Å². The average molecular weight is 455 g/mol. The maximum absolute atomic E-state index is 13.0. The number of anilines is 1. The molecule has 5 rings (SSSR count). The summed E-state index contributed by atoms with van der Waals surface area (Å²) < 4.78 is 3.38. The van der Waals surface area contributed by atoms with Crippen molar-refractivity contribution in [3.8, 4) is 0 Å². The van der Waals surface area contributed by atoms with Crippen molar-refractivity contribution < 1.29 is 4.79 Å². The van der Waals surface area contributed by atoms with Crippen molar-refractivity contribution in [1.29, 1.82) is 0 Å². The summed E-state index contributed by atoms with van der Waals surface area (Å²) in [5.41, 5.74) is 2.82. The summed E-state index contributed by atoms with van der Waals surface area (Å²) in [6.45, 7) is 6.30. The smallest absolute Gasteiger partial charge is 0.329 e. The van der Waals surface area contributed by atoms with Gasteiger partial charge in [0.15, 0.2) is 0 Å². The van der Waals surface area contributed by atoms with Gasteiger partial charge in [0.1, 0.15) is 6.04 Å². The number of nitrogens with zero attached hydrogens (tertiary/aromatic N) is 4. The third-order valence-electron chi connectivity index (χ3n) is 8.10. The first kappa shape index (κ1) is 22.5. The van der Waals surface area contributed by atoms with Crippen LogP contribution in [0.4, 0.5) is 5.69 Å². The first-order valence-electron chi connectivity index (χ1n) is 12.7. The van der Waals surface area contributed by atoms with Gasteiger partial charge >= 0.3 is 5.69 Å². The van der Waals surface area contributed by atoms with E-state index in [0.717, 1.165) is 49.6 Å². The van der Waals surface area contributed by atoms with Crippen molar-refractivity contribution in [3.05, 3.63) is 28.7 Å². The van der Waals surface area contributed by atoms with Crippen molar-refractivity contribution in [1.82, 2.24) is 24.7 Å². The molecule has 0 spiro atoms. The number of fused-ring (bicyclic) bond motifs is 1. The van der Waals surface area contributed by atoms with Crippen molar-refractivity contribution in [2.75, 3.05) is 51.2 Å². The molecule has 0 aliphatic carbocycles. The molecule has 8 nitrogen and oxygen atoms in total. The normalized spacial score (nSPS) is 23.4. The molecule has 0 saturated carbocycles. The second-order valence-corrected chi connectivity index (χ2v) is 10.2. The number of hydrogen-bond donors (Lipinski definition) is 2.